The van der Waals surface area contributed by atoms with Crippen molar-refractivity contribution in [1.29, 1.82) is 0 Å². The molecule has 156 valence electrons. The minimum atomic E-state index is -3.78. The highest BCUT2D eigenvalue weighted by atomic mass is 35.5. The van der Waals surface area contributed by atoms with Gasteiger partial charge in [-0.3, -0.25) is 9.10 Å². The third kappa shape index (κ3) is 5.00. The molecule has 0 aromatic heterocycles. The van der Waals surface area contributed by atoms with E-state index in [1.54, 1.807) is 11.0 Å². The highest BCUT2D eigenvalue weighted by Crippen LogP contribution is 2.24. The Morgan fingerprint density at radius 1 is 1.10 bits per heavy atom. The van der Waals surface area contributed by atoms with Crippen LogP contribution in [0, 0.1) is 5.82 Å². The Kier molecular flexibility index (Phi) is 6.33. The van der Waals surface area contributed by atoms with Gasteiger partial charge in [0.25, 0.3) is 0 Å². The number of piperazine rings is 1. The first-order valence-corrected chi connectivity index (χ1v) is 11.4. The fourth-order valence-electron chi connectivity index (χ4n) is 3.54. The molecule has 1 amide bonds. The van der Waals surface area contributed by atoms with Gasteiger partial charge in [-0.1, -0.05) is 23.7 Å². The molecule has 1 saturated heterocycles. The number of hydrogen-bond acceptors (Lipinski definition) is 4. The largest absolute Gasteiger partial charge is 0.368 e. The number of anilines is 2. The summed E-state index contributed by atoms with van der Waals surface area (Å²) in [7, 11) is -3.78. The quantitative estimate of drug-likeness (QED) is 0.718. The maximum atomic E-state index is 13.6. The lowest BCUT2D eigenvalue weighted by atomic mass is 10.2. The lowest BCUT2D eigenvalue weighted by molar-refractivity contribution is -0.132. The molecule has 1 heterocycles. The summed E-state index contributed by atoms with van der Waals surface area (Å²) in [6.07, 6.45) is 1.01. The number of nitrogens with zero attached hydrogens (tertiary/aromatic N) is 3. The molecule has 6 nitrogen and oxygen atoms in total. The molecule has 2 aromatic rings. The third-order valence-electron chi connectivity index (χ3n) is 4.89. The molecule has 1 unspecified atom stereocenters. The Balaban J connectivity index is 1.73. The average Bonchev–Trinajstić information content (AvgIpc) is 2.66. The Bertz CT molecular complexity index is 994. The second-order valence-electron chi connectivity index (χ2n) is 7.01. The maximum absolute atomic E-state index is 13.6. The van der Waals surface area contributed by atoms with Crippen LogP contribution in [0.15, 0.2) is 48.5 Å². The third-order valence-corrected chi connectivity index (χ3v) is 6.37. The van der Waals surface area contributed by atoms with E-state index in [0.29, 0.717) is 31.2 Å². The van der Waals surface area contributed by atoms with Gasteiger partial charge in [-0.25, -0.2) is 12.8 Å². The van der Waals surface area contributed by atoms with Gasteiger partial charge >= 0.3 is 0 Å². The van der Waals surface area contributed by atoms with E-state index >= 15 is 0 Å². The molecule has 1 aliphatic rings. The lowest BCUT2D eigenvalue weighted by Crippen LogP contribution is -2.55. The van der Waals surface area contributed by atoms with Crippen molar-refractivity contribution in [2.24, 2.45) is 0 Å². The molecular weight excluding hydrogens is 417 g/mol. The van der Waals surface area contributed by atoms with E-state index < -0.39 is 21.9 Å². The van der Waals surface area contributed by atoms with Crippen molar-refractivity contribution < 1.29 is 17.6 Å². The van der Waals surface area contributed by atoms with E-state index in [1.165, 1.54) is 25.1 Å². The molecule has 1 atom stereocenters. The number of benzene rings is 2. The van der Waals surface area contributed by atoms with Gasteiger partial charge in [0.05, 0.1) is 11.9 Å². The minimum absolute atomic E-state index is 0.130. The standard InChI is InChI=1S/C20H23ClFN3O3S/c1-15(25(29(2,27)28)19-8-4-6-17(22)14-19)20(26)24-11-9-23(10-12-24)18-7-3-5-16(21)13-18/h3-8,13-15H,9-12H2,1-2H3. The van der Waals surface area contributed by atoms with Crippen molar-refractivity contribution in [2.75, 3.05) is 41.6 Å². The van der Waals surface area contributed by atoms with Gasteiger partial charge in [0.2, 0.25) is 15.9 Å². The molecule has 0 saturated carbocycles. The van der Waals surface area contributed by atoms with Crippen LogP contribution in [0.1, 0.15) is 6.92 Å². The number of sulfonamides is 1. The molecule has 1 fully saturated rings. The van der Waals surface area contributed by atoms with Crippen molar-refractivity contribution in [3.63, 3.8) is 0 Å². The summed E-state index contributed by atoms with van der Waals surface area (Å²) < 4.78 is 39.3. The van der Waals surface area contributed by atoms with Gasteiger partial charge < -0.3 is 9.80 Å². The van der Waals surface area contributed by atoms with Crippen LogP contribution < -0.4 is 9.21 Å². The van der Waals surface area contributed by atoms with E-state index in [-0.39, 0.29) is 11.6 Å². The molecule has 0 spiro atoms. The molecule has 9 heteroatoms. The summed E-state index contributed by atoms with van der Waals surface area (Å²) in [5.41, 5.74) is 1.11. The normalized spacial score (nSPS) is 15.9. The molecule has 1 aliphatic heterocycles. The Labute approximate surface area is 175 Å². The number of carbonyl (C=O) groups is 1. The zero-order valence-corrected chi connectivity index (χ0v) is 17.8. The predicted molar refractivity (Wildman–Crippen MR) is 113 cm³/mol. The molecular formula is C20H23ClFN3O3S. The predicted octanol–water partition coefficient (Wildman–Crippen LogP) is 2.98. The van der Waals surface area contributed by atoms with Crippen LogP contribution in [-0.4, -0.2) is 57.7 Å². The van der Waals surface area contributed by atoms with Gasteiger partial charge in [-0.15, -0.1) is 0 Å². The van der Waals surface area contributed by atoms with Crippen LogP contribution >= 0.6 is 11.6 Å². The van der Waals surface area contributed by atoms with E-state index in [1.807, 2.05) is 18.2 Å². The first kappa shape index (κ1) is 21.4. The highest BCUT2D eigenvalue weighted by Gasteiger charge is 2.33. The monoisotopic (exact) mass is 439 g/mol. The van der Waals surface area contributed by atoms with Gasteiger partial charge in [-0.2, -0.15) is 0 Å². The van der Waals surface area contributed by atoms with Crippen molar-refractivity contribution >= 4 is 38.9 Å². The summed E-state index contributed by atoms with van der Waals surface area (Å²) in [4.78, 5) is 16.8. The van der Waals surface area contributed by atoms with Crippen LogP contribution in [0.3, 0.4) is 0 Å². The summed E-state index contributed by atoms with van der Waals surface area (Å²) in [5, 5.41) is 0.647. The maximum Gasteiger partial charge on any atom is 0.246 e. The molecule has 0 N–H and O–H groups in total. The molecule has 3 rings (SSSR count). The topological polar surface area (TPSA) is 60.9 Å². The van der Waals surface area contributed by atoms with Gasteiger partial charge in [-0.05, 0) is 43.3 Å². The number of carbonyl (C=O) groups excluding carboxylic acids is 1. The van der Waals surface area contributed by atoms with Crippen LogP contribution in [0.5, 0.6) is 0 Å². The number of rotatable bonds is 5. The van der Waals surface area contributed by atoms with Crippen molar-refractivity contribution in [2.45, 2.75) is 13.0 Å². The SMILES string of the molecule is CC(C(=O)N1CCN(c2cccc(Cl)c2)CC1)N(c1cccc(F)c1)S(C)(=O)=O. The lowest BCUT2D eigenvalue weighted by Gasteiger charge is -2.39. The fraction of sp³-hybridized carbons (Fsp3) is 0.350. The molecule has 29 heavy (non-hydrogen) atoms. The number of amides is 1. The van der Waals surface area contributed by atoms with Gasteiger partial charge in [0.1, 0.15) is 11.9 Å². The second kappa shape index (κ2) is 8.59. The van der Waals surface area contributed by atoms with Crippen LogP contribution in [-0.2, 0) is 14.8 Å². The van der Waals surface area contributed by atoms with E-state index in [9.17, 15) is 17.6 Å². The Hall–Kier alpha value is -2.32. The second-order valence-corrected chi connectivity index (χ2v) is 9.30. The molecule has 0 radical (unpaired) electrons. The summed E-state index contributed by atoms with van der Waals surface area (Å²) in [6.45, 7) is 3.65. The number of hydrogen-bond donors (Lipinski definition) is 0. The van der Waals surface area contributed by atoms with Crippen molar-refractivity contribution in [3.05, 3.63) is 59.4 Å². The summed E-state index contributed by atoms with van der Waals surface area (Å²) in [5.74, 6) is -0.878. The van der Waals surface area contributed by atoms with E-state index in [4.69, 9.17) is 11.6 Å². The first-order chi connectivity index (χ1) is 13.7. The van der Waals surface area contributed by atoms with E-state index in [0.717, 1.165) is 22.3 Å². The number of halogens is 2. The zero-order valence-electron chi connectivity index (χ0n) is 16.3. The zero-order chi connectivity index (χ0) is 21.2. The Morgan fingerprint density at radius 2 is 1.76 bits per heavy atom. The van der Waals surface area contributed by atoms with Crippen molar-refractivity contribution in [1.82, 2.24) is 4.90 Å². The molecule has 0 bridgehead atoms. The Morgan fingerprint density at radius 3 is 2.34 bits per heavy atom. The van der Waals surface area contributed by atoms with Gasteiger partial charge in [0, 0.05) is 36.9 Å². The molecule has 2 aromatic carbocycles. The highest BCUT2D eigenvalue weighted by molar-refractivity contribution is 7.92. The minimum Gasteiger partial charge on any atom is -0.368 e. The summed E-state index contributed by atoms with van der Waals surface area (Å²) >= 11 is 6.05. The fourth-order valence-corrected chi connectivity index (χ4v) is 4.88. The summed E-state index contributed by atoms with van der Waals surface area (Å²) in [6, 6.07) is 11.8. The van der Waals surface area contributed by atoms with Crippen LogP contribution in [0.2, 0.25) is 5.02 Å². The van der Waals surface area contributed by atoms with E-state index in [2.05, 4.69) is 4.90 Å². The van der Waals surface area contributed by atoms with Crippen molar-refractivity contribution in [3.8, 4) is 0 Å². The van der Waals surface area contributed by atoms with Crippen LogP contribution in [0.25, 0.3) is 0 Å². The first-order valence-electron chi connectivity index (χ1n) is 9.21. The molecule has 0 aliphatic carbocycles. The van der Waals surface area contributed by atoms with Crippen LogP contribution in [0.4, 0.5) is 15.8 Å². The smallest absolute Gasteiger partial charge is 0.246 e. The average molecular weight is 440 g/mol. The van der Waals surface area contributed by atoms with Gasteiger partial charge in [0.15, 0.2) is 0 Å².